The van der Waals surface area contributed by atoms with Crippen molar-refractivity contribution in [2.45, 2.75) is 45.1 Å². The normalized spacial score (nSPS) is 21.4. The molecule has 1 heterocycles. The molecule has 2 aromatic carbocycles. The fourth-order valence-electron chi connectivity index (χ4n) is 4.29. The number of nitrogens with one attached hydrogen (secondary N) is 1. The number of imide groups is 1. The summed E-state index contributed by atoms with van der Waals surface area (Å²) in [5.41, 5.74) is 3.33. The Morgan fingerprint density at radius 1 is 1.11 bits per heavy atom. The van der Waals surface area contributed by atoms with Gasteiger partial charge in [0, 0.05) is 0 Å². The van der Waals surface area contributed by atoms with Crippen molar-refractivity contribution in [3.63, 3.8) is 0 Å². The molecule has 1 aliphatic heterocycles. The van der Waals surface area contributed by atoms with Gasteiger partial charge in [0.25, 0.3) is 5.91 Å². The van der Waals surface area contributed by atoms with Crippen LogP contribution in [0.1, 0.15) is 41.5 Å². The standard InChI is InChI=1S/C23H26N2O3/c1-16-10-11-17(2)20(15-16)28-14-13-25-21(26)23(24-22(25)27)12-6-5-8-18-7-3-4-9-19(18)23/h3-4,7,9-11,15H,5-6,8,12-14H2,1-2H3,(H,24,27)/t23-/m1/s1. The maximum absolute atomic E-state index is 13.4. The Kier molecular flexibility index (Phi) is 4.84. The summed E-state index contributed by atoms with van der Waals surface area (Å²) >= 11 is 0. The highest BCUT2D eigenvalue weighted by Gasteiger charge is 2.53. The Morgan fingerprint density at radius 3 is 2.79 bits per heavy atom. The molecule has 1 atom stereocenters. The van der Waals surface area contributed by atoms with Crippen molar-refractivity contribution in [1.82, 2.24) is 10.2 Å². The van der Waals surface area contributed by atoms with Crippen LogP contribution in [0.4, 0.5) is 4.79 Å². The molecule has 5 heteroatoms. The second-order valence-corrected chi connectivity index (χ2v) is 7.77. The Balaban J connectivity index is 1.52. The number of amides is 3. The molecule has 0 radical (unpaired) electrons. The Bertz CT molecular complexity index is 924. The first-order chi connectivity index (χ1) is 13.5. The molecule has 2 aliphatic rings. The maximum atomic E-state index is 13.4. The molecule has 1 spiro atoms. The highest BCUT2D eigenvalue weighted by Crippen LogP contribution is 2.38. The minimum absolute atomic E-state index is 0.156. The summed E-state index contributed by atoms with van der Waals surface area (Å²) in [5.74, 6) is 0.637. The van der Waals surface area contributed by atoms with Gasteiger partial charge in [-0.15, -0.1) is 0 Å². The zero-order valence-corrected chi connectivity index (χ0v) is 16.5. The van der Waals surface area contributed by atoms with Gasteiger partial charge in [0.15, 0.2) is 0 Å². The summed E-state index contributed by atoms with van der Waals surface area (Å²) in [6, 6.07) is 13.7. The lowest BCUT2D eigenvalue weighted by Crippen LogP contribution is -2.44. The number of nitrogens with zero attached hydrogens (tertiary/aromatic N) is 1. The van der Waals surface area contributed by atoms with Gasteiger partial charge < -0.3 is 10.1 Å². The molecule has 0 aromatic heterocycles. The van der Waals surface area contributed by atoms with E-state index >= 15 is 0 Å². The molecule has 146 valence electrons. The topological polar surface area (TPSA) is 58.6 Å². The van der Waals surface area contributed by atoms with Crippen LogP contribution in [-0.4, -0.2) is 30.0 Å². The third kappa shape index (κ3) is 3.15. The molecule has 1 saturated heterocycles. The monoisotopic (exact) mass is 378 g/mol. The highest BCUT2D eigenvalue weighted by atomic mass is 16.5. The predicted molar refractivity (Wildman–Crippen MR) is 107 cm³/mol. The molecule has 0 bridgehead atoms. The van der Waals surface area contributed by atoms with Crippen LogP contribution < -0.4 is 10.1 Å². The molecule has 1 aliphatic carbocycles. The predicted octanol–water partition coefficient (Wildman–Crippen LogP) is 3.86. The number of hydrogen-bond donors (Lipinski definition) is 1. The molecule has 5 nitrogen and oxygen atoms in total. The number of benzene rings is 2. The number of hydrogen-bond acceptors (Lipinski definition) is 3. The lowest BCUT2D eigenvalue weighted by Gasteiger charge is -2.27. The Labute approximate surface area is 165 Å². The third-order valence-corrected chi connectivity index (χ3v) is 5.82. The van der Waals surface area contributed by atoms with Crippen LogP contribution >= 0.6 is 0 Å². The van der Waals surface area contributed by atoms with Crippen LogP contribution in [0.25, 0.3) is 0 Å². The van der Waals surface area contributed by atoms with E-state index in [4.69, 9.17) is 4.74 Å². The zero-order valence-electron chi connectivity index (χ0n) is 16.5. The van der Waals surface area contributed by atoms with Gasteiger partial charge >= 0.3 is 6.03 Å². The minimum Gasteiger partial charge on any atom is -0.491 e. The molecule has 3 amide bonds. The van der Waals surface area contributed by atoms with E-state index in [0.717, 1.165) is 47.3 Å². The number of carbonyl (C=O) groups is 2. The van der Waals surface area contributed by atoms with Crippen LogP contribution in [0.5, 0.6) is 5.75 Å². The largest absolute Gasteiger partial charge is 0.491 e. The Morgan fingerprint density at radius 2 is 1.93 bits per heavy atom. The summed E-state index contributed by atoms with van der Waals surface area (Å²) in [4.78, 5) is 27.4. The number of urea groups is 1. The van der Waals surface area contributed by atoms with Crippen molar-refractivity contribution >= 4 is 11.9 Å². The average Bonchev–Trinajstić information content (AvgIpc) is 2.82. The minimum atomic E-state index is -0.927. The quantitative estimate of drug-likeness (QED) is 0.822. The first kappa shape index (κ1) is 18.5. The van der Waals surface area contributed by atoms with E-state index in [1.807, 2.05) is 50.2 Å². The van der Waals surface area contributed by atoms with Gasteiger partial charge in [0.1, 0.15) is 17.9 Å². The summed E-state index contributed by atoms with van der Waals surface area (Å²) in [5, 5.41) is 3.02. The number of aryl methyl sites for hydroxylation is 3. The van der Waals surface area contributed by atoms with Crippen molar-refractivity contribution in [3.05, 3.63) is 64.7 Å². The molecule has 0 unspecified atom stereocenters. The molecular weight excluding hydrogens is 352 g/mol. The second kappa shape index (κ2) is 7.30. The number of carbonyl (C=O) groups excluding carboxylic acids is 2. The van der Waals surface area contributed by atoms with E-state index in [-0.39, 0.29) is 25.1 Å². The van der Waals surface area contributed by atoms with Crippen molar-refractivity contribution < 1.29 is 14.3 Å². The van der Waals surface area contributed by atoms with Gasteiger partial charge in [-0.3, -0.25) is 9.69 Å². The van der Waals surface area contributed by atoms with E-state index in [0.29, 0.717) is 6.42 Å². The van der Waals surface area contributed by atoms with Crippen molar-refractivity contribution in [2.75, 3.05) is 13.2 Å². The first-order valence-corrected chi connectivity index (χ1v) is 9.94. The van der Waals surface area contributed by atoms with Gasteiger partial charge in [-0.05, 0) is 67.9 Å². The van der Waals surface area contributed by atoms with Crippen molar-refractivity contribution in [3.8, 4) is 5.75 Å². The van der Waals surface area contributed by atoms with E-state index in [1.165, 1.54) is 4.90 Å². The van der Waals surface area contributed by atoms with E-state index in [2.05, 4.69) is 11.4 Å². The first-order valence-electron chi connectivity index (χ1n) is 9.94. The maximum Gasteiger partial charge on any atom is 0.325 e. The third-order valence-electron chi connectivity index (χ3n) is 5.82. The Hall–Kier alpha value is -2.82. The van der Waals surface area contributed by atoms with Crippen LogP contribution in [0, 0.1) is 13.8 Å². The summed E-state index contributed by atoms with van der Waals surface area (Å²) in [6.45, 7) is 4.51. The van der Waals surface area contributed by atoms with Crippen LogP contribution in [0.3, 0.4) is 0 Å². The molecular formula is C23H26N2O3. The second-order valence-electron chi connectivity index (χ2n) is 7.77. The van der Waals surface area contributed by atoms with Crippen LogP contribution in [-0.2, 0) is 16.8 Å². The molecule has 4 rings (SSSR count). The summed E-state index contributed by atoms with van der Waals surface area (Å²) in [6.07, 6.45) is 3.52. The summed E-state index contributed by atoms with van der Waals surface area (Å²) in [7, 11) is 0. The van der Waals surface area contributed by atoms with E-state index in [9.17, 15) is 9.59 Å². The highest BCUT2D eigenvalue weighted by molar-refractivity contribution is 6.07. The molecule has 1 fully saturated rings. The summed E-state index contributed by atoms with van der Waals surface area (Å²) < 4.78 is 5.87. The van der Waals surface area contributed by atoms with Gasteiger partial charge in [-0.2, -0.15) is 0 Å². The van der Waals surface area contributed by atoms with E-state index < -0.39 is 5.54 Å². The van der Waals surface area contributed by atoms with E-state index in [1.54, 1.807) is 0 Å². The molecule has 28 heavy (non-hydrogen) atoms. The lowest BCUT2D eigenvalue weighted by molar-refractivity contribution is -0.132. The SMILES string of the molecule is Cc1ccc(C)c(OCCN2C(=O)N[C@@]3(CCCCc4ccccc43)C2=O)c1. The fraction of sp³-hybridized carbons (Fsp3) is 0.391. The molecule has 0 saturated carbocycles. The van der Waals surface area contributed by atoms with Crippen molar-refractivity contribution in [2.24, 2.45) is 0 Å². The molecule has 2 aromatic rings. The van der Waals surface area contributed by atoms with Gasteiger partial charge in [0.05, 0.1) is 6.54 Å². The number of ether oxygens (including phenoxy) is 1. The number of fused-ring (bicyclic) bond motifs is 2. The molecule has 1 N–H and O–H groups in total. The van der Waals surface area contributed by atoms with Crippen LogP contribution in [0.15, 0.2) is 42.5 Å². The average molecular weight is 378 g/mol. The van der Waals surface area contributed by atoms with Gasteiger partial charge in [0.2, 0.25) is 0 Å². The number of rotatable bonds is 4. The lowest BCUT2D eigenvalue weighted by atomic mass is 9.84. The smallest absolute Gasteiger partial charge is 0.325 e. The van der Waals surface area contributed by atoms with Gasteiger partial charge in [-0.25, -0.2) is 4.79 Å². The van der Waals surface area contributed by atoms with Crippen LogP contribution in [0.2, 0.25) is 0 Å². The fourth-order valence-corrected chi connectivity index (χ4v) is 4.29. The van der Waals surface area contributed by atoms with Gasteiger partial charge in [-0.1, -0.05) is 36.4 Å². The zero-order chi connectivity index (χ0) is 19.7. The van der Waals surface area contributed by atoms with Crippen molar-refractivity contribution in [1.29, 1.82) is 0 Å².